The molecule has 1 aliphatic heterocycles. The molecule has 288 valence electrons. The molecule has 0 fully saturated rings. The predicted molar refractivity (Wildman–Crippen MR) is 229 cm³/mol. The Bertz CT molecular complexity index is 1660. The fourth-order valence-electron chi connectivity index (χ4n) is 4.58. The van der Waals surface area contributed by atoms with Gasteiger partial charge in [-0.05, 0) is 59.5 Å². The third-order valence-electron chi connectivity index (χ3n) is 7.80. The lowest BCUT2D eigenvalue weighted by Crippen LogP contribution is -2.12. The number of imidazole rings is 1. The summed E-state index contributed by atoms with van der Waals surface area (Å²) in [4.78, 5) is 19.0. The minimum atomic E-state index is 0. The van der Waals surface area contributed by atoms with E-state index < -0.39 is 0 Å². The second-order valence-corrected chi connectivity index (χ2v) is 17.8. The Balaban J connectivity index is 0.000000625. The number of aromatic amines is 2. The van der Waals surface area contributed by atoms with Gasteiger partial charge in [-0.1, -0.05) is 137 Å². The number of aliphatic imine (C=N–C) groups is 1. The third-order valence-corrected chi connectivity index (χ3v) is 7.80. The van der Waals surface area contributed by atoms with E-state index in [4.69, 9.17) is 4.42 Å². The largest absolute Gasteiger partial charge is 0.469 e. The molecule has 5 heterocycles. The van der Waals surface area contributed by atoms with Gasteiger partial charge in [-0.3, -0.25) is 9.98 Å². The lowest BCUT2D eigenvalue weighted by Gasteiger charge is -2.18. The molecule has 2 N–H and O–H groups in total. The van der Waals surface area contributed by atoms with E-state index in [9.17, 15) is 0 Å². The number of nitrogens with one attached hydrogen (secondary N) is 2. The van der Waals surface area contributed by atoms with E-state index in [-0.39, 0.29) is 41.9 Å². The highest BCUT2D eigenvalue weighted by Gasteiger charge is 2.18. The summed E-state index contributed by atoms with van der Waals surface area (Å²) in [6, 6.07) is 20.4. The molecule has 6 rings (SSSR count). The molecule has 1 aliphatic rings. The number of nitrogens with zero attached hydrogens (tertiary/aromatic N) is 3. The van der Waals surface area contributed by atoms with Crippen molar-refractivity contribution in [3.05, 3.63) is 120 Å². The van der Waals surface area contributed by atoms with E-state index in [0.717, 1.165) is 28.9 Å². The van der Waals surface area contributed by atoms with Crippen LogP contribution in [0.2, 0.25) is 0 Å². The summed E-state index contributed by atoms with van der Waals surface area (Å²) >= 11 is 0. The molecule has 5 aromatic rings. The van der Waals surface area contributed by atoms with Crippen molar-refractivity contribution in [3.63, 3.8) is 0 Å². The summed E-state index contributed by atoms with van der Waals surface area (Å²) in [5, 5.41) is 0. The Labute approximate surface area is 318 Å². The van der Waals surface area contributed by atoms with E-state index in [1.165, 1.54) is 17.0 Å². The maximum Gasteiger partial charge on any atom is 0.109 e. The first kappa shape index (κ1) is 47.8. The van der Waals surface area contributed by atoms with Crippen LogP contribution >= 0.6 is 0 Å². The monoisotopic (exact) mass is 712 g/mol. The van der Waals surface area contributed by atoms with Gasteiger partial charge in [0.25, 0.3) is 0 Å². The van der Waals surface area contributed by atoms with E-state index in [1.54, 1.807) is 12.6 Å². The Kier molecular flexibility index (Phi) is 18.5. The first-order chi connectivity index (χ1) is 23.0. The van der Waals surface area contributed by atoms with Crippen LogP contribution < -0.4 is 0 Å². The Morgan fingerprint density at radius 3 is 1.63 bits per heavy atom. The second-order valence-electron chi connectivity index (χ2n) is 17.8. The molecule has 52 heavy (non-hydrogen) atoms. The van der Waals surface area contributed by atoms with Gasteiger partial charge in [0.05, 0.1) is 23.6 Å². The first-order valence-corrected chi connectivity index (χ1v) is 17.8. The smallest absolute Gasteiger partial charge is 0.109 e. The lowest BCUT2D eigenvalue weighted by atomic mass is 9.87. The maximum absolute atomic E-state index is 5.20. The van der Waals surface area contributed by atoms with E-state index in [0.29, 0.717) is 0 Å². The number of hydrogen-bond donors (Lipinski definition) is 2. The Hall–Kier alpha value is -4.19. The highest BCUT2D eigenvalue weighted by molar-refractivity contribution is 5.75. The minimum absolute atomic E-state index is 0. The summed E-state index contributed by atoms with van der Waals surface area (Å²) in [5.41, 5.74) is 8.21. The zero-order valence-corrected chi connectivity index (χ0v) is 33.7. The van der Waals surface area contributed by atoms with Crippen LogP contribution in [0.4, 0.5) is 0 Å². The SMILES string of the molecule is C.C.CC(C)(C)C1=CCC=N1.CC(C)(C)c1ccc2nc[nH]c2c1.CC(C)(C)c1ccc[nH]1.CC(C)(C)c1ccccn1.CC(C)(C)c1ccco1. The van der Waals surface area contributed by atoms with Crippen molar-refractivity contribution in [1.82, 2.24) is 19.9 Å². The Morgan fingerprint density at radius 2 is 1.29 bits per heavy atom. The highest BCUT2D eigenvalue weighted by atomic mass is 16.3. The van der Waals surface area contributed by atoms with Gasteiger partial charge < -0.3 is 14.4 Å². The number of benzene rings is 1. The van der Waals surface area contributed by atoms with Gasteiger partial charge >= 0.3 is 0 Å². The van der Waals surface area contributed by atoms with Crippen molar-refractivity contribution in [2.45, 2.75) is 147 Å². The molecule has 6 heteroatoms. The normalized spacial score (nSPS) is 12.6. The average Bonchev–Trinajstić information content (AvgIpc) is 3.84. The molecule has 0 amide bonds. The average molecular weight is 712 g/mol. The van der Waals surface area contributed by atoms with Gasteiger partial charge in [-0.25, -0.2) is 4.98 Å². The fraction of sp³-hybridized carbons (Fsp3) is 0.500. The molecule has 4 aromatic heterocycles. The standard InChI is InChI=1S/C11H14N2.C9H13N.2C8H13N.C8H12O.2CH4/c1-11(2,3)8-4-5-9-10(6-8)13-7-12-9;1-9(2,3)8-6-4-5-7-10-8;3*1-8(2,3)7-5-4-6-9-7;;/h4-7H,1-3H3,(H,12,13);4-7H,1-3H3;5-6H,4H2,1-3H3;4-6,9H,1-3H3;4-6H,1-3H3;2*1H4. The molecule has 0 saturated carbocycles. The molecule has 0 unspecified atom stereocenters. The van der Waals surface area contributed by atoms with Crippen molar-refractivity contribution in [1.29, 1.82) is 0 Å². The molecule has 0 atom stereocenters. The van der Waals surface area contributed by atoms with E-state index in [2.05, 4.69) is 165 Å². The number of allylic oxidation sites excluding steroid dienone is 2. The van der Waals surface area contributed by atoms with Crippen LogP contribution in [0.5, 0.6) is 0 Å². The minimum Gasteiger partial charge on any atom is -0.469 e. The fourth-order valence-corrected chi connectivity index (χ4v) is 4.58. The first-order valence-electron chi connectivity index (χ1n) is 17.8. The van der Waals surface area contributed by atoms with Crippen LogP contribution in [-0.4, -0.2) is 26.2 Å². The summed E-state index contributed by atoms with van der Waals surface area (Å²) in [5.74, 6) is 1.04. The molecular weight excluding hydrogens is 639 g/mol. The zero-order valence-electron chi connectivity index (χ0n) is 33.7. The number of hydrogen-bond acceptors (Lipinski definition) is 4. The summed E-state index contributed by atoms with van der Waals surface area (Å²) in [6.45, 7) is 32.6. The van der Waals surface area contributed by atoms with Crippen LogP contribution in [-0.2, 0) is 21.7 Å². The molecule has 0 saturated heterocycles. The van der Waals surface area contributed by atoms with Crippen LogP contribution in [0, 0.1) is 5.41 Å². The van der Waals surface area contributed by atoms with Gasteiger partial charge in [0.15, 0.2) is 0 Å². The molecule has 1 aromatic carbocycles. The molecule has 6 nitrogen and oxygen atoms in total. The van der Waals surface area contributed by atoms with Crippen LogP contribution in [0.1, 0.15) is 148 Å². The molecule has 0 spiro atoms. The van der Waals surface area contributed by atoms with Crippen LogP contribution in [0.25, 0.3) is 11.0 Å². The second kappa shape index (κ2) is 20.2. The summed E-state index contributed by atoms with van der Waals surface area (Å²) in [6.07, 6.45) is 12.4. The summed E-state index contributed by atoms with van der Waals surface area (Å²) < 4.78 is 5.20. The molecule has 0 radical (unpaired) electrons. The zero-order chi connectivity index (χ0) is 37.8. The number of furan rings is 1. The Morgan fingerprint density at radius 1 is 0.615 bits per heavy atom. The number of H-pyrrole nitrogens is 2. The van der Waals surface area contributed by atoms with E-state index in [1.807, 2.05) is 48.9 Å². The number of rotatable bonds is 0. The topological polar surface area (TPSA) is 82.9 Å². The van der Waals surface area contributed by atoms with Gasteiger partial charge in [0, 0.05) is 63.8 Å². The van der Waals surface area contributed by atoms with Crippen LogP contribution in [0.3, 0.4) is 0 Å². The van der Waals surface area contributed by atoms with Crippen molar-refractivity contribution in [2.24, 2.45) is 10.4 Å². The van der Waals surface area contributed by atoms with Crippen molar-refractivity contribution < 1.29 is 4.42 Å². The lowest BCUT2D eigenvalue weighted by molar-refractivity contribution is 0.409. The van der Waals surface area contributed by atoms with Crippen molar-refractivity contribution in [2.75, 3.05) is 0 Å². The van der Waals surface area contributed by atoms with Gasteiger partial charge in [0.1, 0.15) is 5.76 Å². The van der Waals surface area contributed by atoms with Gasteiger partial charge in [-0.15, -0.1) is 0 Å². The molecule has 0 bridgehead atoms. The quantitative estimate of drug-likeness (QED) is 0.168. The summed E-state index contributed by atoms with van der Waals surface area (Å²) in [7, 11) is 0. The van der Waals surface area contributed by atoms with Crippen molar-refractivity contribution >= 4 is 17.2 Å². The third kappa shape index (κ3) is 16.9. The van der Waals surface area contributed by atoms with Crippen LogP contribution in [0.15, 0.2) is 107 Å². The molecular formula is C46H73N5O. The van der Waals surface area contributed by atoms with Gasteiger partial charge in [-0.2, -0.15) is 0 Å². The maximum atomic E-state index is 5.20. The molecule has 0 aliphatic carbocycles. The highest BCUT2D eigenvalue weighted by Crippen LogP contribution is 2.28. The van der Waals surface area contributed by atoms with Crippen molar-refractivity contribution in [3.8, 4) is 0 Å². The number of pyridine rings is 1. The van der Waals surface area contributed by atoms with Gasteiger partial charge in [0.2, 0.25) is 0 Å². The number of fused-ring (bicyclic) bond motifs is 1. The van der Waals surface area contributed by atoms with E-state index >= 15 is 0 Å². The number of aromatic nitrogens is 4. The predicted octanol–water partition coefficient (Wildman–Crippen LogP) is 13.8.